The van der Waals surface area contributed by atoms with Gasteiger partial charge in [0, 0.05) is 23.4 Å². The van der Waals surface area contributed by atoms with Crippen molar-refractivity contribution >= 4 is 29.0 Å². The highest BCUT2D eigenvalue weighted by Gasteiger charge is 2.19. The molecule has 1 heterocycles. The molecule has 1 aliphatic heterocycles. The van der Waals surface area contributed by atoms with Crippen LogP contribution in [0.15, 0.2) is 18.2 Å². The van der Waals surface area contributed by atoms with E-state index in [1.54, 1.807) is 18.2 Å². The molecule has 14 heavy (non-hydrogen) atoms. The highest BCUT2D eigenvalue weighted by Crippen LogP contribution is 2.24. The predicted molar refractivity (Wildman–Crippen MR) is 53.6 cm³/mol. The Labute approximate surface area is 86.1 Å². The molecule has 0 atom stereocenters. The highest BCUT2D eigenvalue weighted by molar-refractivity contribution is 6.31. The average molecular weight is 210 g/mol. The number of fused-ring (bicyclic) bond motifs is 1. The van der Waals surface area contributed by atoms with Crippen molar-refractivity contribution in [2.45, 2.75) is 12.8 Å². The first kappa shape index (κ1) is 9.21. The van der Waals surface area contributed by atoms with Crippen molar-refractivity contribution in [3.05, 3.63) is 28.8 Å². The van der Waals surface area contributed by atoms with E-state index in [9.17, 15) is 9.59 Å². The molecule has 4 heteroatoms. The number of ketones is 1. The van der Waals surface area contributed by atoms with E-state index in [-0.39, 0.29) is 24.5 Å². The van der Waals surface area contributed by atoms with Crippen LogP contribution in [0.4, 0.5) is 5.69 Å². The minimum Gasteiger partial charge on any atom is -0.325 e. The Kier molecular flexibility index (Phi) is 2.25. The number of benzene rings is 1. The van der Waals surface area contributed by atoms with E-state index in [0.717, 1.165) is 0 Å². The Bertz CT molecular complexity index is 415. The Morgan fingerprint density at radius 3 is 2.79 bits per heavy atom. The summed E-state index contributed by atoms with van der Waals surface area (Å²) in [5, 5.41) is 3.17. The van der Waals surface area contributed by atoms with Crippen molar-refractivity contribution in [2.24, 2.45) is 0 Å². The second kappa shape index (κ2) is 3.42. The summed E-state index contributed by atoms with van der Waals surface area (Å²) in [7, 11) is 0. The molecule has 0 unspecified atom stereocenters. The van der Waals surface area contributed by atoms with Gasteiger partial charge in [-0.25, -0.2) is 0 Å². The molecule has 0 aliphatic carbocycles. The van der Waals surface area contributed by atoms with Crippen LogP contribution in [0.25, 0.3) is 0 Å². The Morgan fingerprint density at radius 1 is 1.21 bits per heavy atom. The molecule has 0 fully saturated rings. The lowest BCUT2D eigenvalue weighted by molar-refractivity contribution is -0.116. The zero-order valence-corrected chi connectivity index (χ0v) is 8.10. The fourth-order valence-corrected chi connectivity index (χ4v) is 1.60. The van der Waals surface area contributed by atoms with Gasteiger partial charge in [-0.2, -0.15) is 0 Å². The quantitative estimate of drug-likeness (QED) is 0.713. The van der Waals surface area contributed by atoms with Crippen molar-refractivity contribution in [2.75, 3.05) is 5.32 Å². The van der Waals surface area contributed by atoms with E-state index < -0.39 is 0 Å². The summed E-state index contributed by atoms with van der Waals surface area (Å²) in [6.45, 7) is 0. The number of amides is 1. The Hall–Kier alpha value is -1.35. The van der Waals surface area contributed by atoms with Crippen molar-refractivity contribution in [3.63, 3.8) is 0 Å². The third kappa shape index (κ3) is 1.63. The van der Waals surface area contributed by atoms with Crippen molar-refractivity contribution in [1.82, 2.24) is 0 Å². The molecule has 0 bridgehead atoms. The standard InChI is InChI=1S/C10H8ClNO2/c11-6-1-2-8-7(5-6)9(13)3-4-10(14)12-8/h1-2,5H,3-4H2,(H,12,14). The first-order valence-electron chi connectivity index (χ1n) is 4.29. The summed E-state index contributed by atoms with van der Waals surface area (Å²) in [6.07, 6.45) is 0.490. The first-order valence-corrected chi connectivity index (χ1v) is 4.67. The van der Waals surface area contributed by atoms with Crippen LogP contribution in [-0.2, 0) is 4.79 Å². The van der Waals surface area contributed by atoms with Gasteiger partial charge in [0.25, 0.3) is 0 Å². The molecule has 72 valence electrons. The lowest BCUT2D eigenvalue weighted by atomic mass is 10.1. The zero-order chi connectivity index (χ0) is 10.1. The van der Waals surface area contributed by atoms with Crippen LogP contribution >= 0.6 is 11.6 Å². The number of hydrogen-bond donors (Lipinski definition) is 1. The van der Waals surface area contributed by atoms with E-state index in [1.807, 2.05) is 0 Å². The molecule has 0 aromatic heterocycles. The number of hydrogen-bond acceptors (Lipinski definition) is 2. The number of halogens is 1. The maximum Gasteiger partial charge on any atom is 0.224 e. The number of Topliss-reactive ketones (excluding diaryl/α,β-unsaturated/α-hetero) is 1. The van der Waals surface area contributed by atoms with Gasteiger partial charge in [-0.3, -0.25) is 9.59 Å². The largest absolute Gasteiger partial charge is 0.325 e. The number of nitrogens with one attached hydrogen (secondary N) is 1. The molecule has 1 amide bonds. The van der Waals surface area contributed by atoms with Gasteiger partial charge in [-0.05, 0) is 18.2 Å². The second-order valence-electron chi connectivity index (χ2n) is 3.16. The van der Waals surface area contributed by atoms with Gasteiger partial charge in [0.2, 0.25) is 5.91 Å². The summed E-state index contributed by atoms with van der Waals surface area (Å²) in [4.78, 5) is 22.7. The summed E-state index contributed by atoms with van der Waals surface area (Å²) in [6, 6.07) is 4.89. The van der Waals surface area contributed by atoms with Crippen molar-refractivity contribution in [3.8, 4) is 0 Å². The minimum absolute atomic E-state index is 0.0409. The lowest BCUT2D eigenvalue weighted by Crippen LogP contribution is -2.08. The molecule has 0 saturated heterocycles. The summed E-state index contributed by atoms with van der Waals surface area (Å²) in [5.41, 5.74) is 1.06. The van der Waals surface area contributed by atoms with E-state index in [4.69, 9.17) is 11.6 Å². The number of anilines is 1. The van der Waals surface area contributed by atoms with E-state index in [2.05, 4.69) is 5.32 Å². The molecule has 1 aromatic carbocycles. The van der Waals surface area contributed by atoms with Crippen LogP contribution < -0.4 is 5.32 Å². The van der Waals surface area contributed by atoms with Crippen LogP contribution in [0.3, 0.4) is 0 Å². The smallest absolute Gasteiger partial charge is 0.224 e. The molecular weight excluding hydrogens is 202 g/mol. The molecule has 1 N–H and O–H groups in total. The van der Waals surface area contributed by atoms with Gasteiger partial charge in [-0.1, -0.05) is 11.6 Å². The molecule has 0 spiro atoms. The SMILES string of the molecule is O=C1CCC(=O)c2cc(Cl)ccc2N1. The molecule has 0 radical (unpaired) electrons. The third-order valence-electron chi connectivity index (χ3n) is 2.14. The second-order valence-corrected chi connectivity index (χ2v) is 3.60. The van der Waals surface area contributed by atoms with Crippen LogP contribution in [0.2, 0.25) is 5.02 Å². The summed E-state index contributed by atoms with van der Waals surface area (Å²) < 4.78 is 0. The lowest BCUT2D eigenvalue weighted by Gasteiger charge is -2.04. The number of carbonyl (C=O) groups is 2. The van der Waals surface area contributed by atoms with Crippen molar-refractivity contribution < 1.29 is 9.59 Å². The highest BCUT2D eigenvalue weighted by atomic mass is 35.5. The average Bonchev–Trinajstić information content (AvgIpc) is 2.29. The Morgan fingerprint density at radius 2 is 2.00 bits per heavy atom. The number of rotatable bonds is 0. The van der Waals surface area contributed by atoms with Gasteiger partial charge < -0.3 is 5.32 Å². The molecule has 0 saturated carbocycles. The van der Waals surface area contributed by atoms with Gasteiger partial charge in [-0.15, -0.1) is 0 Å². The first-order chi connectivity index (χ1) is 6.66. The van der Waals surface area contributed by atoms with E-state index >= 15 is 0 Å². The molecular formula is C10H8ClNO2. The maximum absolute atomic E-state index is 11.6. The van der Waals surface area contributed by atoms with Gasteiger partial charge >= 0.3 is 0 Å². The molecule has 2 rings (SSSR count). The zero-order valence-electron chi connectivity index (χ0n) is 7.34. The van der Waals surface area contributed by atoms with Crippen LogP contribution in [0.5, 0.6) is 0 Å². The Balaban J connectivity index is 2.52. The van der Waals surface area contributed by atoms with Gasteiger partial charge in [0.15, 0.2) is 5.78 Å². The van der Waals surface area contributed by atoms with Crippen LogP contribution in [-0.4, -0.2) is 11.7 Å². The van der Waals surface area contributed by atoms with Gasteiger partial charge in [0.05, 0.1) is 5.69 Å². The number of carbonyl (C=O) groups excluding carboxylic acids is 2. The summed E-state index contributed by atoms with van der Waals surface area (Å²) in [5.74, 6) is -0.166. The van der Waals surface area contributed by atoms with E-state index in [1.165, 1.54) is 0 Å². The monoisotopic (exact) mass is 209 g/mol. The molecule has 1 aliphatic rings. The van der Waals surface area contributed by atoms with Crippen LogP contribution in [0, 0.1) is 0 Å². The van der Waals surface area contributed by atoms with Crippen molar-refractivity contribution in [1.29, 1.82) is 0 Å². The molecule has 1 aromatic rings. The van der Waals surface area contributed by atoms with Gasteiger partial charge in [0.1, 0.15) is 0 Å². The normalized spacial score (nSPS) is 15.8. The van der Waals surface area contributed by atoms with E-state index in [0.29, 0.717) is 16.3 Å². The fraction of sp³-hybridized carbons (Fsp3) is 0.200. The molecule has 3 nitrogen and oxygen atoms in total. The fourth-order valence-electron chi connectivity index (χ4n) is 1.43. The summed E-state index contributed by atoms with van der Waals surface area (Å²) >= 11 is 5.77. The maximum atomic E-state index is 11.6. The topological polar surface area (TPSA) is 46.2 Å². The third-order valence-corrected chi connectivity index (χ3v) is 2.37. The predicted octanol–water partition coefficient (Wildman–Crippen LogP) is 2.25. The van der Waals surface area contributed by atoms with Crippen LogP contribution in [0.1, 0.15) is 23.2 Å². The minimum atomic E-state index is -0.126.